The predicted molar refractivity (Wildman–Crippen MR) is 159 cm³/mol. The molecule has 0 saturated carbocycles. The lowest BCUT2D eigenvalue weighted by Gasteiger charge is -2.32. The molecule has 0 spiro atoms. The smallest absolute Gasteiger partial charge is 0.408 e. The van der Waals surface area contributed by atoms with Gasteiger partial charge >= 0.3 is 6.09 Å². The van der Waals surface area contributed by atoms with Crippen molar-refractivity contribution < 1.29 is 38.9 Å². The number of hydrogen-bond donors (Lipinski definition) is 6. The fourth-order valence-electron chi connectivity index (χ4n) is 4.81. The summed E-state index contributed by atoms with van der Waals surface area (Å²) in [5.74, 6) is -3.14. The molecule has 2 aromatic rings. The van der Waals surface area contributed by atoms with Crippen LogP contribution < -0.4 is 21.7 Å². The summed E-state index contributed by atoms with van der Waals surface area (Å²) in [6, 6.07) is 13.8. The molecule has 44 heavy (non-hydrogen) atoms. The minimum Gasteiger partial charge on any atom is -0.445 e. The van der Waals surface area contributed by atoms with Gasteiger partial charge in [-0.3, -0.25) is 19.2 Å². The molecule has 0 bridgehead atoms. The second-order valence-electron chi connectivity index (χ2n) is 11.8. The van der Waals surface area contributed by atoms with Crippen LogP contribution in [0.2, 0.25) is 0 Å². The molecule has 0 radical (unpaired) electrons. The van der Waals surface area contributed by atoms with Crippen molar-refractivity contribution in [3.8, 4) is 0 Å². The summed E-state index contributed by atoms with van der Waals surface area (Å²) in [5.41, 5.74) is 6.09. The molecule has 0 aliphatic carbocycles. The lowest BCUT2D eigenvalue weighted by Crippen LogP contribution is -2.59. The Hall–Kier alpha value is -4.49. The maximum atomic E-state index is 13.6. The summed E-state index contributed by atoms with van der Waals surface area (Å²) in [4.78, 5) is 65.3. The zero-order chi connectivity index (χ0) is 32.4. The SMILES string of the molecule is CC(C)(C)NC(=O)[C@@H]1CC(O)CN1C(=O)[C@@H](O)[C@H](Cc1ccccc1)NC(=O)[C@H](CC(N)=O)NC(=O)OCc1ccccc1. The maximum Gasteiger partial charge on any atom is 0.408 e. The van der Waals surface area contributed by atoms with Crippen LogP contribution >= 0.6 is 0 Å². The molecule has 5 amide bonds. The summed E-state index contributed by atoms with van der Waals surface area (Å²) in [7, 11) is 0. The largest absolute Gasteiger partial charge is 0.445 e. The van der Waals surface area contributed by atoms with Gasteiger partial charge in [0.25, 0.3) is 5.91 Å². The Kier molecular flexibility index (Phi) is 11.8. The highest BCUT2D eigenvalue weighted by molar-refractivity contribution is 5.93. The summed E-state index contributed by atoms with van der Waals surface area (Å²) >= 11 is 0. The number of β-amino-alcohol motifs (C(OH)–C–C–N with tert-alkyl or cyclic N) is 1. The highest BCUT2D eigenvalue weighted by Gasteiger charge is 2.43. The Labute approximate surface area is 256 Å². The molecule has 5 atom stereocenters. The number of benzene rings is 2. The number of ether oxygens (including phenoxy) is 1. The number of nitrogens with two attached hydrogens (primary N) is 1. The molecule has 1 heterocycles. The third kappa shape index (κ3) is 10.3. The molecule has 1 unspecified atom stereocenters. The van der Waals surface area contributed by atoms with Crippen LogP contribution in [0.4, 0.5) is 4.79 Å². The number of rotatable bonds is 12. The Bertz CT molecular complexity index is 1300. The van der Waals surface area contributed by atoms with E-state index in [1.165, 1.54) is 0 Å². The van der Waals surface area contributed by atoms with Crippen LogP contribution in [-0.4, -0.2) is 87.3 Å². The lowest BCUT2D eigenvalue weighted by atomic mass is 9.99. The second kappa shape index (κ2) is 15.3. The third-order valence-corrected chi connectivity index (χ3v) is 6.85. The summed E-state index contributed by atoms with van der Waals surface area (Å²) < 4.78 is 5.17. The van der Waals surface area contributed by atoms with Crippen LogP contribution in [0.5, 0.6) is 0 Å². The van der Waals surface area contributed by atoms with Crippen LogP contribution in [0.3, 0.4) is 0 Å². The molecule has 7 N–H and O–H groups in total. The van der Waals surface area contributed by atoms with Gasteiger partial charge in [-0.2, -0.15) is 0 Å². The van der Waals surface area contributed by atoms with Gasteiger partial charge in [-0.25, -0.2) is 4.79 Å². The summed E-state index contributed by atoms with van der Waals surface area (Å²) in [5, 5.41) is 29.3. The van der Waals surface area contributed by atoms with E-state index in [4.69, 9.17) is 10.5 Å². The standard InChI is InChI=1S/C31H41N5O8/c1-31(2,3)35-28(41)24-15-21(37)17-36(24)29(42)26(39)22(14-19-10-6-4-7-11-19)33-27(40)23(16-25(32)38)34-30(43)44-18-20-12-8-5-9-13-20/h4-13,21-24,26,37,39H,14-18H2,1-3H3,(H2,32,38)(H,33,40)(H,34,43)(H,35,41)/t21?,22-,23-,24-,26-/m0/s1. The number of primary amides is 1. The number of alkyl carbamates (subject to hydrolysis) is 1. The van der Waals surface area contributed by atoms with Crippen molar-refractivity contribution in [3.05, 3.63) is 71.8 Å². The first-order valence-electron chi connectivity index (χ1n) is 14.3. The van der Waals surface area contributed by atoms with E-state index in [9.17, 15) is 34.2 Å². The maximum absolute atomic E-state index is 13.6. The van der Waals surface area contributed by atoms with Gasteiger partial charge < -0.3 is 41.5 Å². The first-order chi connectivity index (χ1) is 20.7. The zero-order valence-corrected chi connectivity index (χ0v) is 25.1. The van der Waals surface area contributed by atoms with Gasteiger partial charge in [0.2, 0.25) is 17.7 Å². The van der Waals surface area contributed by atoms with Crippen molar-refractivity contribution in [1.29, 1.82) is 0 Å². The molecule has 13 nitrogen and oxygen atoms in total. The highest BCUT2D eigenvalue weighted by Crippen LogP contribution is 2.22. The van der Waals surface area contributed by atoms with E-state index in [2.05, 4.69) is 16.0 Å². The number of nitrogens with one attached hydrogen (secondary N) is 3. The topological polar surface area (TPSA) is 200 Å². The van der Waals surface area contributed by atoms with Crippen molar-refractivity contribution in [2.24, 2.45) is 5.73 Å². The predicted octanol–water partition coefficient (Wildman–Crippen LogP) is 0.122. The Morgan fingerprint density at radius 3 is 2.14 bits per heavy atom. The molecular formula is C31H41N5O8. The van der Waals surface area contributed by atoms with E-state index in [-0.39, 0.29) is 26.0 Å². The minimum atomic E-state index is -1.85. The molecule has 0 aromatic heterocycles. The van der Waals surface area contributed by atoms with Gasteiger partial charge in [0.05, 0.1) is 18.6 Å². The van der Waals surface area contributed by atoms with E-state index in [0.29, 0.717) is 11.1 Å². The average molecular weight is 612 g/mol. The van der Waals surface area contributed by atoms with Gasteiger partial charge in [-0.05, 0) is 38.3 Å². The molecule has 238 valence electrons. The molecular weight excluding hydrogens is 570 g/mol. The third-order valence-electron chi connectivity index (χ3n) is 6.85. The number of carbonyl (C=O) groups is 5. The fourth-order valence-corrected chi connectivity index (χ4v) is 4.81. The van der Waals surface area contributed by atoms with Crippen LogP contribution in [0.1, 0.15) is 44.7 Å². The van der Waals surface area contributed by atoms with Crippen LogP contribution in [0, 0.1) is 0 Å². The van der Waals surface area contributed by atoms with E-state index in [1.807, 2.05) is 0 Å². The molecule has 3 rings (SSSR count). The Morgan fingerprint density at radius 1 is 0.977 bits per heavy atom. The minimum absolute atomic E-state index is 0.0174. The molecule has 2 aromatic carbocycles. The molecule has 1 saturated heterocycles. The van der Waals surface area contributed by atoms with Gasteiger partial charge in [-0.1, -0.05) is 60.7 Å². The first-order valence-corrected chi connectivity index (χ1v) is 14.3. The Morgan fingerprint density at radius 2 is 1.57 bits per heavy atom. The van der Waals surface area contributed by atoms with E-state index >= 15 is 0 Å². The molecule has 1 aliphatic heterocycles. The van der Waals surface area contributed by atoms with E-state index in [1.54, 1.807) is 81.4 Å². The number of aliphatic hydroxyl groups excluding tert-OH is 2. The highest BCUT2D eigenvalue weighted by atomic mass is 16.5. The van der Waals surface area contributed by atoms with Crippen molar-refractivity contribution >= 4 is 29.7 Å². The normalized spacial score (nSPS) is 18.4. The van der Waals surface area contributed by atoms with Crippen molar-refractivity contribution in [2.75, 3.05) is 6.54 Å². The van der Waals surface area contributed by atoms with Crippen LogP contribution in [0.25, 0.3) is 0 Å². The van der Waals surface area contributed by atoms with E-state index in [0.717, 1.165) is 4.90 Å². The van der Waals surface area contributed by atoms with Gasteiger partial charge in [0.15, 0.2) is 6.10 Å². The van der Waals surface area contributed by atoms with Crippen LogP contribution in [-0.2, 0) is 36.9 Å². The average Bonchev–Trinajstić information content (AvgIpc) is 3.36. The Balaban J connectivity index is 1.79. The first kappa shape index (κ1) is 34.0. The van der Waals surface area contributed by atoms with Crippen molar-refractivity contribution in [3.63, 3.8) is 0 Å². The summed E-state index contributed by atoms with van der Waals surface area (Å²) in [6.07, 6.45) is -4.45. The van der Waals surface area contributed by atoms with Gasteiger partial charge in [-0.15, -0.1) is 0 Å². The number of amides is 5. The van der Waals surface area contributed by atoms with Gasteiger partial charge in [0, 0.05) is 18.5 Å². The number of nitrogens with zero attached hydrogens (tertiary/aromatic N) is 1. The fraction of sp³-hybridized carbons (Fsp3) is 0.452. The number of aliphatic hydroxyl groups is 2. The van der Waals surface area contributed by atoms with E-state index < -0.39 is 72.0 Å². The quantitative estimate of drug-likeness (QED) is 0.194. The van der Waals surface area contributed by atoms with Crippen molar-refractivity contribution in [2.45, 2.75) is 82.5 Å². The zero-order valence-electron chi connectivity index (χ0n) is 25.1. The van der Waals surface area contributed by atoms with Crippen molar-refractivity contribution in [1.82, 2.24) is 20.9 Å². The number of hydrogen-bond acceptors (Lipinski definition) is 8. The number of carbonyl (C=O) groups excluding carboxylic acids is 5. The molecule has 13 heteroatoms. The molecule has 1 aliphatic rings. The van der Waals surface area contributed by atoms with Gasteiger partial charge in [0.1, 0.15) is 18.7 Å². The monoisotopic (exact) mass is 611 g/mol. The summed E-state index contributed by atoms with van der Waals surface area (Å²) in [6.45, 7) is 5.04. The number of likely N-dealkylation sites (tertiary alicyclic amines) is 1. The second-order valence-corrected chi connectivity index (χ2v) is 11.8. The lowest BCUT2D eigenvalue weighted by molar-refractivity contribution is -0.147. The molecule has 1 fully saturated rings. The van der Waals surface area contributed by atoms with Crippen LogP contribution in [0.15, 0.2) is 60.7 Å².